The summed E-state index contributed by atoms with van der Waals surface area (Å²) in [5, 5.41) is 12.6. The Morgan fingerprint density at radius 3 is 2.06 bits per heavy atom. The third-order valence-electron chi connectivity index (χ3n) is 12.9. The first-order valence-corrected chi connectivity index (χ1v) is 28.2. The lowest BCUT2D eigenvalue weighted by atomic mass is 9.79. The Bertz CT molecular complexity index is 3030. The second-order valence-corrected chi connectivity index (χ2v) is 23.8. The minimum Gasteiger partial charge on any atom is -0.487 e. The molecular formula is C48H57F4N2O13S4+. The van der Waals surface area contributed by atoms with Crippen LogP contribution >= 0.6 is 12.0 Å². The SMILES string of the molecule is CCCCOc1c(F)c(F)c(C2=C(C=CC3=[N+](CCCCS(=O)(=O)O)c4ccc(SOOO)cc4C3(C)C)CCCC2=CC=C2N(CCCCS(=O)(=O)O)c3ccc(S(=O)(=O)O)cc3C2(C)C)c(F)c1F. The van der Waals surface area contributed by atoms with E-state index >= 15 is 17.6 Å². The molecule has 23 heteroatoms. The van der Waals surface area contributed by atoms with Gasteiger partial charge in [-0.2, -0.15) is 38.6 Å². The molecule has 0 radical (unpaired) electrons. The molecule has 2 heterocycles. The van der Waals surface area contributed by atoms with Crippen LogP contribution in [0, 0.1) is 23.3 Å². The molecule has 71 heavy (non-hydrogen) atoms. The number of fused-ring (bicyclic) bond motifs is 2. The zero-order valence-electron chi connectivity index (χ0n) is 39.7. The Morgan fingerprint density at radius 2 is 1.44 bits per heavy atom. The summed E-state index contributed by atoms with van der Waals surface area (Å²) in [6, 6.07) is 9.30. The van der Waals surface area contributed by atoms with Crippen molar-refractivity contribution in [3.05, 3.63) is 118 Å². The van der Waals surface area contributed by atoms with Gasteiger partial charge >= 0.3 is 0 Å². The highest BCUT2D eigenvalue weighted by atomic mass is 32.2. The first-order valence-electron chi connectivity index (χ1n) is 22.8. The van der Waals surface area contributed by atoms with Gasteiger partial charge in [0.2, 0.25) is 17.3 Å². The van der Waals surface area contributed by atoms with Crippen LogP contribution in [0.15, 0.2) is 87.3 Å². The van der Waals surface area contributed by atoms with Crippen molar-refractivity contribution < 1.29 is 80.4 Å². The van der Waals surface area contributed by atoms with Crippen LogP contribution in [0.5, 0.6) is 5.75 Å². The van der Waals surface area contributed by atoms with Crippen LogP contribution in [0.2, 0.25) is 0 Å². The monoisotopic (exact) mass is 1070 g/mol. The van der Waals surface area contributed by atoms with E-state index in [0.29, 0.717) is 64.5 Å². The molecule has 0 saturated carbocycles. The fraction of sp³-hybridized carbons (Fsp3) is 0.438. The summed E-state index contributed by atoms with van der Waals surface area (Å²) >= 11 is 0.736. The Balaban J connectivity index is 1.56. The van der Waals surface area contributed by atoms with Gasteiger partial charge in [-0.15, -0.1) is 4.33 Å². The second-order valence-electron chi connectivity index (χ2n) is 18.5. The Labute approximate surface area is 415 Å². The van der Waals surface area contributed by atoms with Crippen LogP contribution < -0.4 is 9.64 Å². The summed E-state index contributed by atoms with van der Waals surface area (Å²) in [5.41, 5.74) is 1.22. The molecular weight excluding hydrogens is 1020 g/mol. The summed E-state index contributed by atoms with van der Waals surface area (Å²) in [6.07, 6.45) is 8.91. The van der Waals surface area contributed by atoms with Gasteiger partial charge in [0.05, 0.1) is 46.0 Å². The van der Waals surface area contributed by atoms with Crippen LogP contribution in [-0.2, 0) is 50.6 Å². The van der Waals surface area contributed by atoms with Gasteiger partial charge in [-0.05, 0) is 117 Å². The largest absolute Gasteiger partial charge is 0.487 e. The first kappa shape index (κ1) is 55.9. The standard InChI is InChI=1S/C48H56F4N2O13S4/c1-6-7-25-65-46-44(51)42(49)41(43(50)45(46)52)40-30(15-21-38-47(2,3)34-28-32(68-67-66-55)17-19-36(34)53(38)23-8-10-26-69(56,57)58)13-12-14-31(40)16-22-39-48(4,5)35-29-33(71(62,63)64)18-20-37(35)54(39)24-9-11-27-70(59,60)61/h15-22,28-29H,6-14,23-27H2,1-5H3,(H3-,55,56,57,58,59,60,61,62,63,64)/p+1. The number of allylic oxidation sites excluding steroid dienone is 8. The molecule has 0 saturated heterocycles. The molecule has 15 nitrogen and oxygen atoms in total. The maximum Gasteiger partial charge on any atom is 0.294 e. The van der Waals surface area contributed by atoms with Gasteiger partial charge in [0.1, 0.15) is 6.54 Å². The molecule has 388 valence electrons. The molecule has 4 N–H and O–H groups in total. The maximum atomic E-state index is 16.7. The highest BCUT2D eigenvalue weighted by Crippen LogP contribution is 2.50. The first-order chi connectivity index (χ1) is 33.2. The zero-order chi connectivity index (χ0) is 52.3. The van der Waals surface area contributed by atoms with E-state index in [1.807, 2.05) is 18.4 Å². The van der Waals surface area contributed by atoms with Crippen molar-refractivity contribution in [3.8, 4) is 5.75 Å². The van der Waals surface area contributed by atoms with Gasteiger partial charge in [-0.25, -0.2) is 14.0 Å². The van der Waals surface area contributed by atoms with Gasteiger partial charge in [-0.1, -0.05) is 44.4 Å². The van der Waals surface area contributed by atoms with Gasteiger partial charge in [0.15, 0.2) is 23.1 Å². The molecule has 0 bridgehead atoms. The van der Waals surface area contributed by atoms with Crippen molar-refractivity contribution in [2.24, 2.45) is 0 Å². The van der Waals surface area contributed by atoms with E-state index in [1.165, 1.54) is 18.2 Å². The van der Waals surface area contributed by atoms with Crippen LogP contribution in [0.25, 0.3) is 5.57 Å². The second kappa shape index (κ2) is 22.4. The highest BCUT2D eigenvalue weighted by molar-refractivity contribution is 7.94. The predicted molar refractivity (Wildman–Crippen MR) is 261 cm³/mol. The van der Waals surface area contributed by atoms with Gasteiger partial charge in [0.25, 0.3) is 30.4 Å². The third kappa shape index (κ3) is 12.7. The van der Waals surface area contributed by atoms with Crippen LogP contribution in [-0.4, -0.2) is 85.7 Å². The molecule has 0 spiro atoms. The van der Waals surface area contributed by atoms with Gasteiger partial charge in [-0.3, -0.25) is 13.7 Å². The average Bonchev–Trinajstić information content (AvgIpc) is 3.63. The molecule has 0 amide bonds. The smallest absolute Gasteiger partial charge is 0.294 e. The highest BCUT2D eigenvalue weighted by Gasteiger charge is 2.45. The van der Waals surface area contributed by atoms with Crippen molar-refractivity contribution >= 4 is 65.1 Å². The molecule has 3 aromatic carbocycles. The molecule has 2 aliphatic heterocycles. The minimum absolute atomic E-state index is 0.0507. The Kier molecular flexibility index (Phi) is 17.6. The van der Waals surface area contributed by atoms with Crippen molar-refractivity contribution in [1.82, 2.24) is 0 Å². The van der Waals surface area contributed by atoms with E-state index < -0.39 is 87.3 Å². The molecule has 0 fully saturated rings. The number of anilines is 1. The van der Waals surface area contributed by atoms with E-state index in [1.54, 1.807) is 68.2 Å². The summed E-state index contributed by atoms with van der Waals surface area (Å²) in [5.74, 6) is -9.04. The molecule has 0 aromatic heterocycles. The van der Waals surface area contributed by atoms with Crippen molar-refractivity contribution in [2.75, 3.05) is 36.1 Å². The Morgan fingerprint density at radius 1 is 0.775 bits per heavy atom. The molecule has 0 atom stereocenters. The quantitative estimate of drug-likeness (QED) is 0.0108. The average molecular weight is 1070 g/mol. The normalized spacial score (nSPS) is 18.1. The molecule has 1 aliphatic carbocycles. The molecule has 0 unspecified atom stereocenters. The number of rotatable bonds is 22. The van der Waals surface area contributed by atoms with E-state index in [2.05, 4.69) is 9.37 Å². The number of ether oxygens (including phenoxy) is 1. The van der Waals surface area contributed by atoms with Crippen LogP contribution in [0.3, 0.4) is 0 Å². The fourth-order valence-corrected chi connectivity index (χ4v) is 11.4. The van der Waals surface area contributed by atoms with E-state index in [-0.39, 0.29) is 67.8 Å². The summed E-state index contributed by atoms with van der Waals surface area (Å²) < 4.78 is 177. The lowest BCUT2D eigenvalue weighted by Crippen LogP contribution is -2.28. The number of benzene rings is 3. The van der Waals surface area contributed by atoms with Gasteiger partial charge < -0.3 is 9.64 Å². The van der Waals surface area contributed by atoms with Crippen molar-refractivity contribution in [3.63, 3.8) is 0 Å². The van der Waals surface area contributed by atoms with Crippen LogP contribution in [0.4, 0.5) is 28.9 Å². The van der Waals surface area contributed by atoms with E-state index in [4.69, 9.17) is 9.99 Å². The predicted octanol–water partition coefficient (Wildman–Crippen LogP) is 10.6. The van der Waals surface area contributed by atoms with Gasteiger partial charge in [0, 0.05) is 52.4 Å². The summed E-state index contributed by atoms with van der Waals surface area (Å²) in [4.78, 5) is 1.97. The lowest BCUT2D eigenvalue weighted by molar-refractivity contribution is -0.438. The van der Waals surface area contributed by atoms with Crippen molar-refractivity contribution in [1.29, 1.82) is 0 Å². The summed E-state index contributed by atoms with van der Waals surface area (Å²) in [7, 11) is -13.2. The molecule has 6 rings (SSSR count). The number of nitrogens with zero attached hydrogens (tertiary/aromatic N) is 2. The fourth-order valence-electron chi connectivity index (χ4n) is 9.38. The Hall–Kier alpha value is -4.43. The topological polar surface area (TPSA) is 217 Å². The van der Waals surface area contributed by atoms with E-state index in [0.717, 1.165) is 17.6 Å². The maximum absolute atomic E-state index is 16.7. The lowest BCUT2D eigenvalue weighted by Gasteiger charge is -2.28. The van der Waals surface area contributed by atoms with Crippen LogP contribution in [0.1, 0.15) is 109 Å². The molecule has 3 aliphatic rings. The van der Waals surface area contributed by atoms with E-state index in [9.17, 15) is 38.9 Å². The summed E-state index contributed by atoms with van der Waals surface area (Å²) in [6.45, 7) is 9.37. The number of hydrogen-bond acceptors (Lipinski definition) is 12. The molecule has 3 aromatic rings. The zero-order valence-corrected chi connectivity index (χ0v) is 42.9. The number of hydrogen-bond donors (Lipinski definition) is 4. The minimum atomic E-state index is -4.65. The van der Waals surface area contributed by atoms with Crippen molar-refractivity contribution in [2.45, 2.75) is 113 Å². The number of halogens is 4. The number of unbranched alkanes of at least 4 members (excludes halogenated alkanes) is 3. The third-order valence-corrected chi connectivity index (χ3v) is 15.9.